The van der Waals surface area contributed by atoms with Crippen molar-refractivity contribution < 1.29 is 0 Å². The maximum atomic E-state index is 5.96. The SMILES string of the molecule is CC1CCC(N2CCC(N)CC2)C(C)C1. The summed E-state index contributed by atoms with van der Waals surface area (Å²) in [6.45, 7) is 7.32. The zero-order valence-corrected chi connectivity index (χ0v) is 10.3. The van der Waals surface area contributed by atoms with Crippen LogP contribution in [0.25, 0.3) is 0 Å². The molecule has 2 heteroatoms. The van der Waals surface area contributed by atoms with Gasteiger partial charge in [-0.25, -0.2) is 0 Å². The van der Waals surface area contributed by atoms with Crippen LogP contribution in [0.5, 0.6) is 0 Å². The summed E-state index contributed by atoms with van der Waals surface area (Å²) in [6, 6.07) is 1.33. The van der Waals surface area contributed by atoms with Gasteiger partial charge < -0.3 is 10.6 Å². The number of piperidine rings is 1. The molecule has 1 saturated carbocycles. The molecule has 1 aliphatic carbocycles. The predicted molar refractivity (Wildman–Crippen MR) is 64.7 cm³/mol. The number of likely N-dealkylation sites (tertiary alicyclic amines) is 1. The summed E-state index contributed by atoms with van der Waals surface area (Å²) in [6.07, 6.45) is 6.68. The largest absolute Gasteiger partial charge is 0.328 e. The molecule has 15 heavy (non-hydrogen) atoms. The molecule has 1 saturated heterocycles. The smallest absolute Gasteiger partial charge is 0.0121 e. The van der Waals surface area contributed by atoms with Crippen LogP contribution in [-0.2, 0) is 0 Å². The van der Waals surface area contributed by atoms with Gasteiger partial charge in [0.1, 0.15) is 0 Å². The van der Waals surface area contributed by atoms with E-state index in [0.717, 1.165) is 17.9 Å². The van der Waals surface area contributed by atoms with E-state index in [1.165, 1.54) is 45.2 Å². The first-order valence-electron chi connectivity index (χ1n) is 6.66. The molecule has 2 nitrogen and oxygen atoms in total. The number of hydrogen-bond donors (Lipinski definition) is 1. The Morgan fingerprint density at radius 3 is 2.27 bits per heavy atom. The van der Waals surface area contributed by atoms with Crippen molar-refractivity contribution in [1.82, 2.24) is 4.90 Å². The molecule has 3 unspecified atom stereocenters. The first kappa shape index (κ1) is 11.4. The minimum atomic E-state index is 0.471. The molecule has 0 bridgehead atoms. The first-order chi connectivity index (χ1) is 7.16. The average Bonchev–Trinajstić information content (AvgIpc) is 2.20. The lowest BCUT2D eigenvalue weighted by Crippen LogP contribution is -2.49. The fraction of sp³-hybridized carbons (Fsp3) is 1.00. The molecular weight excluding hydrogens is 184 g/mol. The Hall–Kier alpha value is -0.0800. The first-order valence-corrected chi connectivity index (χ1v) is 6.66. The number of rotatable bonds is 1. The Kier molecular flexibility index (Phi) is 3.68. The normalized spacial score (nSPS) is 40.6. The Labute approximate surface area is 94.2 Å². The molecular formula is C13H26N2. The van der Waals surface area contributed by atoms with Crippen LogP contribution in [0, 0.1) is 11.8 Å². The molecule has 2 rings (SSSR count). The fourth-order valence-corrected chi connectivity index (χ4v) is 3.44. The third kappa shape index (κ3) is 2.73. The topological polar surface area (TPSA) is 29.3 Å². The van der Waals surface area contributed by atoms with E-state index in [9.17, 15) is 0 Å². The summed E-state index contributed by atoms with van der Waals surface area (Å²) in [5.74, 6) is 1.84. The third-order valence-electron chi connectivity index (χ3n) is 4.43. The maximum Gasteiger partial charge on any atom is 0.0121 e. The molecule has 2 aliphatic rings. The van der Waals surface area contributed by atoms with Crippen LogP contribution in [-0.4, -0.2) is 30.1 Å². The van der Waals surface area contributed by atoms with Crippen molar-refractivity contribution in [2.75, 3.05) is 13.1 Å². The molecule has 2 fully saturated rings. The summed E-state index contributed by atoms with van der Waals surface area (Å²) < 4.78 is 0. The van der Waals surface area contributed by atoms with E-state index in [-0.39, 0.29) is 0 Å². The number of nitrogens with two attached hydrogens (primary N) is 1. The van der Waals surface area contributed by atoms with Gasteiger partial charge in [-0.2, -0.15) is 0 Å². The lowest BCUT2D eigenvalue weighted by Gasteiger charge is -2.43. The highest BCUT2D eigenvalue weighted by Gasteiger charge is 2.31. The van der Waals surface area contributed by atoms with E-state index in [1.54, 1.807) is 0 Å². The molecule has 1 aliphatic heterocycles. The second-order valence-electron chi connectivity index (χ2n) is 5.84. The monoisotopic (exact) mass is 210 g/mol. The van der Waals surface area contributed by atoms with E-state index in [4.69, 9.17) is 5.73 Å². The highest BCUT2D eigenvalue weighted by molar-refractivity contribution is 4.86. The molecule has 0 aromatic rings. The van der Waals surface area contributed by atoms with Crippen molar-refractivity contribution in [3.63, 3.8) is 0 Å². The molecule has 0 aromatic heterocycles. The lowest BCUT2D eigenvalue weighted by molar-refractivity contribution is 0.0720. The molecule has 1 heterocycles. The van der Waals surface area contributed by atoms with Gasteiger partial charge in [0.2, 0.25) is 0 Å². The van der Waals surface area contributed by atoms with Gasteiger partial charge in [0, 0.05) is 12.1 Å². The van der Waals surface area contributed by atoms with Gasteiger partial charge in [0.25, 0.3) is 0 Å². The molecule has 0 radical (unpaired) electrons. The molecule has 0 spiro atoms. The minimum Gasteiger partial charge on any atom is -0.328 e. The summed E-state index contributed by atoms with van der Waals surface area (Å²) in [5, 5.41) is 0. The Morgan fingerprint density at radius 2 is 1.67 bits per heavy atom. The fourth-order valence-electron chi connectivity index (χ4n) is 3.44. The van der Waals surface area contributed by atoms with Gasteiger partial charge >= 0.3 is 0 Å². The van der Waals surface area contributed by atoms with Crippen LogP contribution < -0.4 is 5.73 Å². The standard InChI is InChI=1S/C13H26N2/c1-10-3-4-13(11(2)9-10)15-7-5-12(14)6-8-15/h10-13H,3-9,14H2,1-2H3. The van der Waals surface area contributed by atoms with E-state index in [1.807, 2.05) is 0 Å². The van der Waals surface area contributed by atoms with Crippen molar-refractivity contribution >= 4 is 0 Å². The van der Waals surface area contributed by atoms with Crippen LogP contribution in [0.1, 0.15) is 46.0 Å². The van der Waals surface area contributed by atoms with Crippen LogP contribution >= 0.6 is 0 Å². The van der Waals surface area contributed by atoms with Crippen LogP contribution in [0.4, 0.5) is 0 Å². The highest BCUT2D eigenvalue weighted by atomic mass is 15.2. The van der Waals surface area contributed by atoms with Crippen molar-refractivity contribution in [3.8, 4) is 0 Å². The van der Waals surface area contributed by atoms with Gasteiger partial charge in [-0.1, -0.05) is 13.8 Å². The Balaban J connectivity index is 1.87. The Morgan fingerprint density at radius 1 is 1.00 bits per heavy atom. The molecule has 0 amide bonds. The van der Waals surface area contributed by atoms with Crippen molar-refractivity contribution in [2.24, 2.45) is 17.6 Å². The van der Waals surface area contributed by atoms with Gasteiger partial charge in [-0.15, -0.1) is 0 Å². The van der Waals surface area contributed by atoms with Crippen molar-refractivity contribution in [1.29, 1.82) is 0 Å². The maximum absolute atomic E-state index is 5.96. The van der Waals surface area contributed by atoms with E-state index < -0.39 is 0 Å². The molecule has 0 aromatic carbocycles. The van der Waals surface area contributed by atoms with Crippen LogP contribution in [0.15, 0.2) is 0 Å². The second kappa shape index (κ2) is 4.84. The number of nitrogens with zero attached hydrogens (tertiary/aromatic N) is 1. The van der Waals surface area contributed by atoms with E-state index in [0.29, 0.717) is 6.04 Å². The summed E-state index contributed by atoms with van der Waals surface area (Å²) in [7, 11) is 0. The minimum absolute atomic E-state index is 0.471. The average molecular weight is 210 g/mol. The molecule has 3 atom stereocenters. The van der Waals surface area contributed by atoms with Gasteiger partial charge in [-0.3, -0.25) is 0 Å². The van der Waals surface area contributed by atoms with Gasteiger partial charge in [-0.05, 0) is 57.0 Å². The predicted octanol–water partition coefficient (Wildman–Crippen LogP) is 2.23. The van der Waals surface area contributed by atoms with Crippen LogP contribution in [0.2, 0.25) is 0 Å². The quantitative estimate of drug-likeness (QED) is 0.719. The van der Waals surface area contributed by atoms with E-state index in [2.05, 4.69) is 18.7 Å². The lowest BCUT2D eigenvalue weighted by atomic mass is 9.78. The summed E-state index contributed by atoms with van der Waals surface area (Å²) in [4.78, 5) is 2.71. The zero-order chi connectivity index (χ0) is 10.8. The van der Waals surface area contributed by atoms with E-state index >= 15 is 0 Å². The number of hydrogen-bond acceptors (Lipinski definition) is 2. The third-order valence-corrected chi connectivity index (χ3v) is 4.43. The summed E-state index contributed by atoms with van der Waals surface area (Å²) in [5.41, 5.74) is 5.96. The zero-order valence-electron chi connectivity index (χ0n) is 10.3. The van der Waals surface area contributed by atoms with Gasteiger partial charge in [0.15, 0.2) is 0 Å². The van der Waals surface area contributed by atoms with Gasteiger partial charge in [0.05, 0.1) is 0 Å². The highest BCUT2D eigenvalue weighted by Crippen LogP contribution is 2.32. The molecule has 2 N–H and O–H groups in total. The summed E-state index contributed by atoms with van der Waals surface area (Å²) >= 11 is 0. The second-order valence-corrected chi connectivity index (χ2v) is 5.84. The Bertz CT molecular complexity index is 197. The molecule has 88 valence electrons. The van der Waals surface area contributed by atoms with Crippen molar-refractivity contribution in [2.45, 2.75) is 58.0 Å². The van der Waals surface area contributed by atoms with Crippen LogP contribution in [0.3, 0.4) is 0 Å². The van der Waals surface area contributed by atoms with Crippen molar-refractivity contribution in [3.05, 3.63) is 0 Å².